The van der Waals surface area contributed by atoms with Crippen molar-refractivity contribution < 1.29 is 10.2 Å². The molecule has 0 fully saturated rings. The predicted molar refractivity (Wildman–Crippen MR) is 51.6 cm³/mol. The number of aliphatic hydroxyl groups is 1. The lowest BCUT2D eigenvalue weighted by Gasteiger charge is -2.05. The topological polar surface area (TPSA) is 64.3 Å². The predicted octanol–water partition coefficient (Wildman–Crippen LogP) is 1.80. The summed E-state index contributed by atoms with van der Waals surface area (Å²) in [6.45, 7) is -0.106. The minimum absolute atomic E-state index is 0.0165. The molecular formula is C9H10ClNO2. The minimum Gasteiger partial charge on any atom is -0.507 e. The maximum Gasteiger partial charge on any atom is 0.124 e. The van der Waals surface area contributed by atoms with Crippen LogP contribution in [0.1, 0.15) is 12.0 Å². The first-order valence-electron chi connectivity index (χ1n) is 3.82. The van der Waals surface area contributed by atoms with Crippen LogP contribution in [0.3, 0.4) is 0 Å². The van der Waals surface area contributed by atoms with Crippen LogP contribution in [0.5, 0.6) is 5.75 Å². The molecule has 1 aromatic carbocycles. The summed E-state index contributed by atoms with van der Waals surface area (Å²) in [6, 6.07) is 4.49. The fourth-order valence-corrected chi connectivity index (χ4v) is 1.17. The van der Waals surface area contributed by atoms with Gasteiger partial charge < -0.3 is 15.6 Å². The van der Waals surface area contributed by atoms with E-state index in [-0.39, 0.29) is 24.5 Å². The van der Waals surface area contributed by atoms with E-state index in [0.29, 0.717) is 10.6 Å². The number of hydrogen-bond acceptors (Lipinski definition) is 3. The van der Waals surface area contributed by atoms with Crippen molar-refractivity contribution in [3.63, 3.8) is 0 Å². The van der Waals surface area contributed by atoms with E-state index in [1.165, 1.54) is 12.1 Å². The Kier molecular flexibility index (Phi) is 3.28. The highest BCUT2D eigenvalue weighted by atomic mass is 35.5. The number of halogens is 1. The molecule has 0 aromatic heterocycles. The van der Waals surface area contributed by atoms with E-state index in [9.17, 15) is 5.11 Å². The second-order valence-electron chi connectivity index (χ2n) is 2.61. The summed E-state index contributed by atoms with van der Waals surface area (Å²) in [5, 5.41) is 25.9. The Balaban J connectivity index is 2.99. The second-order valence-corrected chi connectivity index (χ2v) is 3.05. The summed E-state index contributed by atoms with van der Waals surface area (Å²) >= 11 is 5.69. The summed E-state index contributed by atoms with van der Waals surface area (Å²) < 4.78 is 0. The molecule has 0 aliphatic rings. The van der Waals surface area contributed by atoms with Gasteiger partial charge >= 0.3 is 0 Å². The van der Waals surface area contributed by atoms with E-state index in [0.717, 1.165) is 0 Å². The van der Waals surface area contributed by atoms with Crippen molar-refractivity contribution in [3.05, 3.63) is 28.8 Å². The molecule has 0 saturated carbocycles. The van der Waals surface area contributed by atoms with Gasteiger partial charge in [-0.15, -0.1) is 0 Å². The zero-order valence-corrected chi connectivity index (χ0v) is 7.67. The molecule has 1 aromatic rings. The molecule has 1 rings (SSSR count). The Labute approximate surface area is 81.1 Å². The third-order valence-electron chi connectivity index (χ3n) is 1.65. The largest absolute Gasteiger partial charge is 0.507 e. The van der Waals surface area contributed by atoms with Gasteiger partial charge in [-0.3, -0.25) is 0 Å². The molecule has 0 spiro atoms. The van der Waals surface area contributed by atoms with Crippen LogP contribution in [0.15, 0.2) is 18.2 Å². The fourth-order valence-electron chi connectivity index (χ4n) is 0.996. The molecule has 70 valence electrons. The Morgan fingerprint density at radius 3 is 2.77 bits per heavy atom. The highest BCUT2D eigenvalue weighted by molar-refractivity contribution is 6.31. The minimum atomic E-state index is -0.106. The second kappa shape index (κ2) is 4.25. The quantitative estimate of drug-likeness (QED) is 0.650. The van der Waals surface area contributed by atoms with Crippen LogP contribution in [0.2, 0.25) is 5.02 Å². The van der Waals surface area contributed by atoms with Crippen LogP contribution in [0, 0.1) is 5.41 Å². The molecule has 3 nitrogen and oxygen atoms in total. The van der Waals surface area contributed by atoms with Gasteiger partial charge in [-0.05, 0) is 18.2 Å². The van der Waals surface area contributed by atoms with Gasteiger partial charge in [-0.25, -0.2) is 0 Å². The molecule has 4 heteroatoms. The lowest BCUT2D eigenvalue weighted by molar-refractivity contribution is 0.307. The zero-order chi connectivity index (χ0) is 9.84. The van der Waals surface area contributed by atoms with E-state index < -0.39 is 0 Å². The molecule has 3 N–H and O–H groups in total. The van der Waals surface area contributed by atoms with E-state index >= 15 is 0 Å². The van der Waals surface area contributed by atoms with Crippen molar-refractivity contribution in [3.8, 4) is 5.75 Å². The van der Waals surface area contributed by atoms with Crippen molar-refractivity contribution in [2.24, 2.45) is 0 Å². The van der Waals surface area contributed by atoms with Crippen molar-refractivity contribution in [2.45, 2.75) is 6.42 Å². The molecule has 0 radical (unpaired) electrons. The summed E-state index contributed by atoms with van der Waals surface area (Å²) in [7, 11) is 0. The van der Waals surface area contributed by atoms with Gasteiger partial charge in [0.1, 0.15) is 5.75 Å². The average molecular weight is 200 g/mol. The monoisotopic (exact) mass is 199 g/mol. The highest BCUT2D eigenvalue weighted by Gasteiger charge is 2.06. The Bertz CT molecular complexity index is 325. The fraction of sp³-hybridized carbons (Fsp3) is 0.222. The molecule has 0 saturated heterocycles. The molecule has 0 bridgehead atoms. The smallest absolute Gasteiger partial charge is 0.124 e. The van der Waals surface area contributed by atoms with Crippen molar-refractivity contribution in [1.29, 1.82) is 5.41 Å². The molecule has 0 amide bonds. The first-order valence-corrected chi connectivity index (χ1v) is 4.20. The van der Waals surface area contributed by atoms with Crippen LogP contribution >= 0.6 is 11.6 Å². The van der Waals surface area contributed by atoms with Crippen LogP contribution < -0.4 is 0 Å². The Morgan fingerprint density at radius 2 is 2.15 bits per heavy atom. The third-order valence-corrected chi connectivity index (χ3v) is 1.88. The summed E-state index contributed by atoms with van der Waals surface area (Å²) in [4.78, 5) is 0. The van der Waals surface area contributed by atoms with Crippen LogP contribution in [0.25, 0.3) is 0 Å². The first kappa shape index (κ1) is 10.0. The zero-order valence-electron chi connectivity index (χ0n) is 6.92. The summed E-state index contributed by atoms with van der Waals surface area (Å²) in [6.07, 6.45) is 0.216. The molecule has 0 aliphatic carbocycles. The number of phenolic OH excluding ortho intramolecular Hbond substituents is 1. The van der Waals surface area contributed by atoms with Crippen LogP contribution in [-0.4, -0.2) is 22.5 Å². The van der Waals surface area contributed by atoms with E-state index in [2.05, 4.69) is 0 Å². The maximum absolute atomic E-state index is 9.35. The lowest BCUT2D eigenvalue weighted by atomic mass is 10.1. The van der Waals surface area contributed by atoms with Gasteiger partial charge in [0.25, 0.3) is 0 Å². The summed E-state index contributed by atoms with van der Waals surface area (Å²) in [5.74, 6) is 0.0165. The Hall–Kier alpha value is -1.06. The first-order chi connectivity index (χ1) is 6.15. The van der Waals surface area contributed by atoms with Crippen molar-refractivity contribution in [2.75, 3.05) is 6.61 Å². The van der Waals surface area contributed by atoms with Gasteiger partial charge in [0.2, 0.25) is 0 Å². The number of nitrogens with one attached hydrogen (secondary N) is 1. The number of rotatable bonds is 3. The maximum atomic E-state index is 9.35. The SMILES string of the molecule is N=C(CCO)c1cc(Cl)ccc1O. The molecule has 0 atom stereocenters. The third kappa shape index (κ3) is 2.44. The van der Waals surface area contributed by atoms with Gasteiger partial charge in [0.05, 0.1) is 0 Å². The van der Waals surface area contributed by atoms with Gasteiger partial charge in [-0.1, -0.05) is 11.6 Å². The van der Waals surface area contributed by atoms with Gasteiger partial charge in [0, 0.05) is 29.3 Å². The highest BCUT2D eigenvalue weighted by Crippen LogP contribution is 2.22. The molecule has 0 aliphatic heterocycles. The number of aromatic hydroxyl groups is 1. The van der Waals surface area contributed by atoms with Crippen molar-refractivity contribution >= 4 is 17.3 Å². The molecular weight excluding hydrogens is 190 g/mol. The van der Waals surface area contributed by atoms with Gasteiger partial charge in [-0.2, -0.15) is 0 Å². The number of hydrogen-bond donors (Lipinski definition) is 3. The molecule has 0 heterocycles. The van der Waals surface area contributed by atoms with E-state index in [4.69, 9.17) is 22.1 Å². The van der Waals surface area contributed by atoms with Crippen LogP contribution in [0.4, 0.5) is 0 Å². The number of phenols is 1. The number of benzene rings is 1. The Morgan fingerprint density at radius 1 is 1.46 bits per heavy atom. The lowest BCUT2D eigenvalue weighted by Crippen LogP contribution is -2.01. The summed E-state index contributed by atoms with van der Waals surface area (Å²) in [5.41, 5.74) is 0.559. The molecule has 13 heavy (non-hydrogen) atoms. The molecule has 0 unspecified atom stereocenters. The van der Waals surface area contributed by atoms with E-state index in [1.807, 2.05) is 0 Å². The standard InChI is InChI=1S/C9H10ClNO2/c10-6-1-2-9(13)7(5-6)8(11)3-4-12/h1-2,5,11-13H,3-4H2. The van der Waals surface area contributed by atoms with Crippen LogP contribution in [-0.2, 0) is 0 Å². The normalized spacial score (nSPS) is 10.0. The number of aliphatic hydroxyl groups excluding tert-OH is 1. The van der Waals surface area contributed by atoms with Crippen molar-refractivity contribution in [1.82, 2.24) is 0 Å². The average Bonchev–Trinajstić information content (AvgIpc) is 2.09. The van der Waals surface area contributed by atoms with Gasteiger partial charge in [0.15, 0.2) is 0 Å². The van der Waals surface area contributed by atoms with E-state index in [1.54, 1.807) is 6.07 Å².